The van der Waals surface area contributed by atoms with Crippen LogP contribution in [-0.2, 0) is 0 Å². The SMILES string of the molecule is CCCCN(N)c1cc(O)on1. The zero-order chi connectivity index (χ0) is 8.97. The van der Waals surface area contributed by atoms with Gasteiger partial charge in [-0.2, -0.15) is 0 Å². The second kappa shape index (κ2) is 3.96. The average Bonchev–Trinajstić information content (AvgIpc) is 2.47. The van der Waals surface area contributed by atoms with Crippen LogP contribution in [0.4, 0.5) is 5.82 Å². The third-order valence-corrected chi connectivity index (χ3v) is 1.53. The number of hydrogen-bond donors (Lipinski definition) is 2. The molecule has 68 valence electrons. The van der Waals surface area contributed by atoms with Gasteiger partial charge in [-0.3, -0.25) is 5.01 Å². The molecular weight excluding hydrogens is 158 g/mol. The minimum atomic E-state index is -0.211. The van der Waals surface area contributed by atoms with Gasteiger partial charge < -0.3 is 9.63 Å². The lowest BCUT2D eigenvalue weighted by atomic mass is 10.3. The van der Waals surface area contributed by atoms with Gasteiger partial charge in [-0.25, -0.2) is 5.84 Å². The maximum Gasteiger partial charge on any atom is 0.310 e. The van der Waals surface area contributed by atoms with Crippen LogP contribution in [0.5, 0.6) is 5.95 Å². The second-order valence-corrected chi connectivity index (χ2v) is 2.57. The van der Waals surface area contributed by atoms with E-state index in [4.69, 9.17) is 10.9 Å². The minimum Gasteiger partial charge on any atom is -0.479 e. The van der Waals surface area contributed by atoms with E-state index in [1.54, 1.807) is 0 Å². The topological polar surface area (TPSA) is 75.5 Å². The van der Waals surface area contributed by atoms with E-state index in [9.17, 15) is 0 Å². The third-order valence-electron chi connectivity index (χ3n) is 1.53. The molecule has 0 saturated carbocycles. The highest BCUT2D eigenvalue weighted by molar-refractivity contribution is 5.37. The first-order chi connectivity index (χ1) is 5.74. The second-order valence-electron chi connectivity index (χ2n) is 2.57. The Morgan fingerprint density at radius 2 is 2.50 bits per heavy atom. The number of nitrogens with two attached hydrogens (primary N) is 1. The van der Waals surface area contributed by atoms with Crippen LogP contribution in [0.1, 0.15) is 19.8 Å². The molecule has 1 aromatic rings. The van der Waals surface area contributed by atoms with Gasteiger partial charge in [0.15, 0.2) is 5.82 Å². The Hall–Kier alpha value is -1.23. The average molecular weight is 171 g/mol. The lowest BCUT2D eigenvalue weighted by Gasteiger charge is -2.12. The summed E-state index contributed by atoms with van der Waals surface area (Å²) in [4.78, 5) is 0. The monoisotopic (exact) mass is 171 g/mol. The number of anilines is 1. The van der Waals surface area contributed by atoms with E-state index in [0.29, 0.717) is 12.4 Å². The maximum atomic E-state index is 8.82. The highest BCUT2D eigenvalue weighted by Crippen LogP contribution is 2.16. The fourth-order valence-electron chi connectivity index (χ4n) is 0.835. The summed E-state index contributed by atoms with van der Waals surface area (Å²) >= 11 is 0. The summed E-state index contributed by atoms with van der Waals surface area (Å²) in [6, 6.07) is 1.38. The molecule has 0 aromatic carbocycles. The molecule has 5 heteroatoms. The molecule has 1 aromatic heterocycles. The van der Waals surface area contributed by atoms with Gasteiger partial charge in [0.2, 0.25) is 0 Å². The molecule has 12 heavy (non-hydrogen) atoms. The third kappa shape index (κ3) is 2.13. The fraction of sp³-hybridized carbons (Fsp3) is 0.571. The molecule has 0 amide bonds. The van der Waals surface area contributed by atoms with Crippen molar-refractivity contribution in [3.05, 3.63) is 6.07 Å². The number of hydrazine groups is 1. The molecule has 5 nitrogen and oxygen atoms in total. The van der Waals surface area contributed by atoms with Gasteiger partial charge >= 0.3 is 5.95 Å². The smallest absolute Gasteiger partial charge is 0.310 e. The molecule has 0 bridgehead atoms. The molecule has 3 N–H and O–H groups in total. The van der Waals surface area contributed by atoms with E-state index in [1.165, 1.54) is 11.1 Å². The number of nitrogens with zero attached hydrogens (tertiary/aromatic N) is 2. The molecule has 1 rings (SSSR count). The van der Waals surface area contributed by atoms with Gasteiger partial charge in [0, 0.05) is 6.54 Å². The van der Waals surface area contributed by atoms with E-state index in [1.807, 2.05) is 0 Å². The van der Waals surface area contributed by atoms with Gasteiger partial charge in [0.05, 0.1) is 6.07 Å². The normalized spacial score (nSPS) is 10.2. The van der Waals surface area contributed by atoms with Crippen LogP contribution in [0.15, 0.2) is 10.6 Å². The van der Waals surface area contributed by atoms with Crippen LogP contribution in [0.25, 0.3) is 0 Å². The quantitative estimate of drug-likeness (QED) is 0.519. The number of aromatic nitrogens is 1. The first-order valence-electron chi connectivity index (χ1n) is 3.92. The summed E-state index contributed by atoms with van der Waals surface area (Å²) in [5, 5.41) is 13.8. The standard InChI is InChI=1S/C7H13N3O2/c1-2-3-4-10(8)6-5-7(11)12-9-6/h5,11H,2-4,8H2,1H3. The Morgan fingerprint density at radius 3 is 3.00 bits per heavy atom. The van der Waals surface area contributed by atoms with E-state index in [2.05, 4.69) is 16.6 Å². The highest BCUT2D eigenvalue weighted by Gasteiger charge is 2.06. The molecule has 1 heterocycles. The van der Waals surface area contributed by atoms with Crippen molar-refractivity contribution in [2.45, 2.75) is 19.8 Å². The molecule has 0 spiro atoms. The maximum absolute atomic E-state index is 8.82. The summed E-state index contributed by atoms with van der Waals surface area (Å²) in [5.74, 6) is 5.84. The predicted molar refractivity (Wildman–Crippen MR) is 44.6 cm³/mol. The van der Waals surface area contributed by atoms with Crippen LogP contribution in [0, 0.1) is 0 Å². The van der Waals surface area contributed by atoms with Crippen LogP contribution in [0.3, 0.4) is 0 Å². The van der Waals surface area contributed by atoms with Crippen LogP contribution in [0.2, 0.25) is 0 Å². The lowest BCUT2D eigenvalue weighted by Crippen LogP contribution is -2.31. The van der Waals surface area contributed by atoms with E-state index >= 15 is 0 Å². The number of aromatic hydroxyl groups is 1. The summed E-state index contributed by atoms with van der Waals surface area (Å²) < 4.78 is 4.45. The lowest BCUT2D eigenvalue weighted by molar-refractivity contribution is 0.278. The van der Waals surface area contributed by atoms with Gasteiger partial charge in [-0.1, -0.05) is 18.5 Å². The zero-order valence-corrected chi connectivity index (χ0v) is 7.03. The van der Waals surface area contributed by atoms with Crippen molar-refractivity contribution in [2.75, 3.05) is 11.6 Å². The molecule has 0 aliphatic rings. The van der Waals surface area contributed by atoms with E-state index in [0.717, 1.165) is 12.8 Å². The first kappa shape index (κ1) is 8.86. The van der Waals surface area contributed by atoms with Crippen molar-refractivity contribution in [3.63, 3.8) is 0 Å². The Bertz CT molecular complexity index is 236. The minimum absolute atomic E-state index is 0.211. The molecule has 0 aliphatic heterocycles. The molecule has 0 unspecified atom stereocenters. The molecule has 0 radical (unpaired) electrons. The zero-order valence-electron chi connectivity index (χ0n) is 7.03. The number of unbranched alkanes of at least 4 members (excludes halogenated alkanes) is 1. The van der Waals surface area contributed by atoms with Crippen LogP contribution >= 0.6 is 0 Å². The van der Waals surface area contributed by atoms with Crippen molar-refractivity contribution in [1.82, 2.24) is 5.16 Å². The van der Waals surface area contributed by atoms with Crippen molar-refractivity contribution in [2.24, 2.45) is 5.84 Å². The van der Waals surface area contributed by atoms with Gasteiger partial charge in [0.25, 0.3) is 0 Å². The fourth-order valence-corrected chi connectivity index (χ4v) is 0.835. The number of rotatable bonds is 4. The Balaban J connectivity index is 2.47. The predicted octanol–water partition coefficient (Wildman–Crippen LogP) is 0.860. The highest BCUT2D eigenvalue weighted by atomic mass is 16.5. The number of hydrogen-bond acceptors (Lipinski definition) is 5. The summed E-state index contributed by atoms with van der Waals surface area (Å²) in [5.41, 5.74) is 0. The molecule has 0 aliphatic carbocycles. The van der Waals surface area contributed by atoms with Crippen molar-refractivity contribution < 1.29 is 9.63 Å². The summed E-state index contributed by atoms with van der Waals surface area (Å²) in [7, 11) is 0. The largest absolute Gasteiger partial charge is 0.479 e. The van der Waals surface area contributed by atoms with Crippen LogP contribution < -0.4 is 10.9 Å². The Kier molecular flexibility index (Phi) is 2.93. The van der Waals surface area contributed by atoms with Crippen LogP contribution in [-0.4, -0.2) is 16.8 Å². The van der Waals surface area contributed by atoms with Crippen molar-refractivity contribution in [3.8, 4) is 5.95 Å². The molecule has 0 saturated heterocycles. The van der Waals surface area contributed by atoms with Gasteiger partial charge in [-0.15, -0.1) is 0 Å². The molecular formula is C7H13N3O2. The van der Waals surface area contributed by atoms with E-state index in [-0.39, 0.29) is 5.95 Å². The summed E-state index contributed by atoms with van der Waals surface area (Å²) in [6.07, 6.45) is 2.06. The molecule has 0 atom stereocenters. The van der Waals surface area contributed by atoms with E-state index < -0.39 is 0 Å². The first-order valence-corrected chi connectivity index (χ1v) is 3.92. The van der Waals surface area contributed by atoms with Gasteiger partial charge in [0.1, 0.15) is 0 Å². The summed E-state index contributed by atoms with van der Waals surface area (Å²) in [6.45, 7) is 2.79. The Labute approximate surface area is 70.7 Å². The van der Waals surface area contributed by atoms with Crippen molar-refractivity contribution >= 4 is 5.82 Å². The van der Waals surface area contributed by atoms with Gasteiger partial charge in [-0.05, 0) is 6.42 Å². The van der Waals surface area contributed by atoms with Crippen molar-refractivity contribution in [1.29, 1.82) is 0 Å². The molecule has 0 fully saturated rings. The Morgan fingerprint density at radius 1 is 1.75 bits per heavy atom.